The normalized spacial score (nSPS) is 18.4. The number of benzene rings is 1. The van der Waals surface area contributed by atoms with Crippen molar-refractivity contribution in [3.8, 4) is 5.75 Å². The zero-order valence-electron chi connectivity index (χ0n) is 14.9. The Morgan fingerprint density at radius 1 is 1.33 bits per heavy atom. The molecule has 0 saturated carbocycles. The Hall–Kier alpha value is -1.28. The van der Waals surface area contributed by atoms with Gasteiger partial charge in [0.25, 0.3) is 5.91 Å². The van der Waals surface area contributed by atoms with Gasteiger partial charge in [0.2, 0.25) is 0 Å². The smallest absolute Gasteiger partial charge is 0.254 e. The molecule has 0 unspecified atom stereocenters. The van der Waals surface area contributed by atoms with Crippen LogP contribution in [0.25, 0.3) is 0 Å². The molecule has 27 heavy (non-hydrogen) atoms. The number of ether oxygens (including phenoxy) is 1. The van der Waals surface area contributed by atoms with E-state index in [-0.39, 0.29) is 33.5 Å². The molecule has 0 aliphatic carbocycles. The van der Waals surface area contributed by atoms with Crippen LogP contribution in [0.2, 0.25) is 10.0 Å². The number of methoxy groups -OCH3 is 1. The number of hydrogen-bond donors (Lipinski definition) is 0. The first-order valence-electron chi connectivity index (χ1n) is 8.29. The van der Waals surface area contributed by atoms with Crippen LogP contribution in [0, 0.1) is 6.92 Å². The highest BCUT2D eigenvalue weighted by Crippen LogP contribution is 2.35. The van der Waals surface area contributed by atoms with Crippen molar-refractivity contribution < 1.29 is 17.9 Å². The number of halogens is 2. The monoisotopic (exact) mass is 447 g/mol. The summed E-state index contributed by atoms with van der Waals surface area (Å²) >= 11 is 13.9. The Bertz CT molecular complexity index is 948. The van der Waals surface area contributed by atoms with Crippen LogP contribution in [0.5, 0.6) is 5.75 Å². The molecule has 1 aliphatic heterocycles. The molecule has 1 atom stereocenters. The zero-order valence-corrected chi connectivity index (χ0v) is 18.0. The maximum atomic E-state index is 13.3. The topological polar surface area (TPSA) is 63.7 Å². The van der Waals surface area contributed by atoms with Crippen LogP contribution in [-0.4, -0.2) is 43.9 Å². The quantitative estimate of drug-likeness (QED) is 0.688. The summed E-state index contributed by atoms with van der Waals surface area (Å²) in [5, 5.41) is 2.43. The zero-order chi connectivity index (χ0) is 19.8. The van der Waals surface area contributed by atoms with Gasteiger partial charge < -0.3 is 9.64 Å². The molecule has 9 heteroatoms. The van der Waals surface area contributed by atoms with Gasteiger partial charge in [-0.15, -0.1) is 11.3 Å². The van der Waals surface area contributed by atoms with E-state index in [1.807, 2.05) is 18.4 Å². The van der Waals surface area contributed by atoms with Crippen LogP contribution in [0.1, 0.15) is 27.2 Å². The van der Waals surface area contributed by atoms with Crippen LogP contribution >= 0.6 is 34.5 Å². The summed E-state index contributed by atoms with van der Waals surface area (Å²) in [6.07, 6.45) is 0.427. The first-order chi connectivity index (χ1) is 12.7. The Labute approximate surface area is 172 Å². The molecule has 0 N–H and O–H groups in total. The van der Waals surface area contributed by atoms with E-state index in [1.165, 1.54) is 19.2 Å². The van der Waals surface area contributed by atoms with Crippen LogP contribution in [0.3, 0.4) is 0 Å². The highest BCUT2D eigenvalue weighted by molar-refractivity contribution is 7.91. The Morgan fingerprint density at radius 2 is 2.00 bits per heavy atom. The molecule has 1 aromatic heterocycles. The molecular weight excluding hydrogens is 429 g/mol. The number of thiophene rings is 1. The van der Waals surface area contributed by atoms with Gasteiger partial charge in [0, 0.05) is 16.5 Å². The Balaban J connectivity index is 1.97. The lowest BCUT2D eigenvalue weighted by Crippen LogP contribution is -2.40. The summed E-state index contributed by atoms with van der Waals surface area (Å²) in [5.41, 5.74) is 1.38. The van der Waals surface area contributed by atoms with Crippen LogP contribution in [0.4, 0.5) is 0 Å². The average Bonchev–Trinajstić information content (AvgIpc) is 3.16. The fourth-order valence-corrected chi connectivity index (χ4v) is 6.43. The third-order valence-electron chi connectivity index (χ3n) is 4.64. The number of aryl methyl sites for hydroxylation is 1. The fourth-order valence-electron chi connectivity index (χ4n) is 3.15. The second-order valence-electron chi connectivity index (χ2n) is 6.49. The van der Waals surface area contributed by atoms with E-state index < -0.39 is 9.84 Å². The predicted molar refractivity (Wildman–Crippen MR) is 109 cm³/mol. The van der Waals surface area contributed by atoms with Gasteiger partial charge in [-0.25, -0.2) is 8.42 Å². The molecule has 1 aromatic carbocycles. The molecule has 1 aliphatic rings. The minimum absolute atomic E-state index is 0.0270. The fraction of sp³-hybridized carbons (Fsp3) is 0.389. The van der Waals surface area contributed by atoms with Gasteiger partial charge in [0.15, 0.2) is 15.6 Å². The number of sulfone groups is 1. The maximum absolute atomic E-state index is 13.3. The Morgan fingerprint density at radius 3 is 2.48 bits per heavy atom. The van der Waals surface area contributed by atoms with Gasteiger partial charge in [0.1, 0.15) is 0 Å². The molecule has 2 aromatic rings. The average molecular weight is 448 g/mol. The summed E-state index contributed by atoms with van der Waals surface area (Å²) in [6.45, 7) is 2.32. The van der Waals surface area contributed by atoms with E-state index in [4.69, 9.17) is 27.9 Å². The SMILES string of the molecule is COc1c(Cl)cc(C(=O)N(Cc2sccc2C)[C@@H]2CCS(=O)(=O)C2)cc1Cl. The van der Waals surface area contributed by atoms with Gasteiger partial charge in [-0.05, 0) is 42.5 Å². The predicted octanol–water partition coefficient (Wildman–Crippen LogP) is 4.20. The summed E-state index contributed by atoms with van der Waals surface area (Å²) in [6, 6.07) is 4.62. The summed E-state index contributed by atoms with van der Waals surface area (Å²) in [5.74, 6) is 0.0748. The van der Waals surface area contributed by atoms with Gasteiger partial charge >= 0.3 is 0 Å². The van der Waals surface area contributed by atoms with E-state index in [9.17, 15) is 13.2 Å². The molecular formula is C18H19Cl2NO4S2. The van der Waals surface area contributed by atoms with Crippen molar-refractivity contribution in [3.05, 3.63) is 49.6 Å². The summed E-state index contributed by atoms with van der Waals surface area (Å²) in [4.78, 5) is 15.9. The minimum atomic E-state index is -3.13. The van der Waals surface area contributed by atoms with E-state index >= 15 is 0 Å². The number of amides is 1. The lowest BCUT2D eigenvalue weighted by molar-refractivity contribution is 0.0683. The van der Waals surface area contributed by atoms with Crippen molar-refractivity contribution >= 4 is 50.3 Å². The first-order valence-corrected chi connectivity index (χ1v) is 11.7. The molecule has 1 fully saturated rings. The molecule has 5 nitrogen and oxygen atoms in total. The highest BCUT2D eigenvalue weighted by Gasteiger charge is 2.35. The highest BCUT2D eigenvalue weighted by atomic mass is 35.5. The van der Waals surface area contributed by atoms with E-state index in [1.54, 1.807) is 16.2 Å². The molecule has 3 rings (SSSR count). The van der Waals surface area contributed by atoms with Gasteiger partial charge in [-0.2, -0.15) is 0 Å². The van der Waals surface area contributed by atoms with Crippen molar-refractivity contribution in [2.75, 3.05) is 18.6 Å². The standard InChI is InChI=1S/C18H19Cl2NO4S2/c1-11-3-5-26-16(11)9-21(13-4-6-27(23,24)10-13)18(22)12-7-14(19)17(25-2)15(20)8-12/h3,5,7-8,13H,4,6,9-10H2,1-2H3/t13-/m1/s1. The lowest BCUT2D eigenvalue weighted by Gasteiger charge is -2.28. The molecule has 146 valence electrons. The summed E-state index contributed by atoms with van der Waals surface area (Å²) in [7, 11) is -1.69. The molecule has 0 bridgehead atoms. The van der Waals surface area contributed by atoms with Crippen molar-refractivity contribution in [3.63, 3.8) is 0 Å². The van der Waals surface area contributed by atoms with Gasteiger partial charge in [0.05, 0.1) is 35.2 Å². The largest absolute Gasteiger partial charge is 0.494 e. The molecule has 0 spiro atoms. The number of hydrogen-bond acceptors (Lipinski definition) is 5. The van der Waals surface area contributed by atoms with E-state index in [0.717, 1.165) is 10.4 Å². The number of nitrogens with zero attached hydrogens (tertiary/aromatic N) is 1. The number of carbonyl (C=O) groups is 1. The van der Waals surface area contributed by atoms with Crippen molar-refractivity contribution in [1.29, 1.82) is 0 Å². The van der Waals surface area contributed by atoms with Crippen LogP contribution < -0.4 is 4.74 Å². The number of carbonyl (C=O) groups excluding carboxylic acids is 1. The Kier molecular flexibility index (Phi) is 6.05. The van der Waals surface area contributed by atoms with E-state index in [2.05, 4.69) is 0 Å². The minimum Gasteiger partial charge on any atom is -0.494 e. The molecule has 1 saturated heterocycles. The molecule has 2 heterocycles. The van der Waals surface area contributed by atoms with Crippen molar-refractivity contribution in [1.82, 2.24) is 4.90 Å². The second kappa shape index (κ2) is 7.99. The third kappa shape index (κ3) is 4.42. The van der Waals surface area contributed by atoms with E-state index in [0.29, 0.717) is 24.3 Å². The molecule has 0 radical (unpaired) electrons. The van der Waals surface area contributed by atoms with Crippen LogP contribution in [-0.2, 0) is 16.4 Å². The third-order valence-corrected chi connectivity index (χ3v) is 7.96. The van der Waals surface area contributed by atoms with Gasteiger partial charge in [-0.1, -0.05) is 23.2 Å². The first kappa shape index (κ1) is 20.5. The van der Waals surface area contributed by atoms with Crippen LogP contribution in [0.15, 0.2) is 23.6 Å². The number of rotatable bonds is 5. The maximum Gasteiger partial charge on any atom is 0.254 e. The second-order valence-corrected chi connectivity index (χ2v) is 10.5. The van der Waals surface area contributed by atoms with Crippen molar-refractivity contribution in [2.24, 2.45) is 0 Å². The van der Waals surface area contributed by atoms with Crippen molar-refractivity contribution in [2.45, 2.75) is 25.9 Å². The van der Waals surface area contributed by atoms with Gasteiger partial charge in [-0.3, -0.25) is 4.79 Å². The summed E-state index contributed by atoms with van der Waals surface area (Å²) < 4.78 is 29.1. The lowest BCUT2D eigenvalue weighted by atomic mass is 10.1. The molecule has 1 amide bonds.